The summed E-state index contributed by atoms with van der Waals surface area (Å²) in [5.74, 6) is -0.358. The molecule has 0 spiro atoms. The van der Waals surface area contributed by atoms with Crippen molar-refractivity contribution >= 4 is 5.97 Å². The average molecular weight is 413 g/mol. The first-order valence-corrected chi connectivity index (χ1v) is 10.4. The summed E-state index contributed by atoms with van der Waals surface area (Å²) in [7, 11) is 0. The fourth-order valence-electron chi connectivity index (χ4n) is 2.73. The van der Waals surface area contributed by atoms with E-state index < -0.39 is 6.10 Å². The second-order valence-corrected chi connectivity index (χ2v) is 6.83. The molecule has 0 heterocycles. The normalized spacial score (nSPS) is 11.7. The van der Waals surface area contributed by atoms with Crippen molar-refractivity contribution in [1.82, 2.24) is 0 Å². The first-order valence-electron chi connectivity index (χ1n) is 10.4. The van der Waals surface area contributed by atoms with Crippen LogP contribution in [0.2, 0.25) is 0 Å². The molecular formula is C25H32O5. The van der Waals surface area contributed by atoms with Gasteiger partial charge in [-0.2, -0.15) is 0 Å². The fraction of sp³-hybridized carbons (Fsp3) is 0.400. The third-order valence-electron chi connectivity index (χ3n) is 4.30. The van der Waals surface area contributed by atoms with Crippen LogP contribution in [-0.2, 0) is 37.0 Å². The molecule has 2 rings (SSSR count). The van der Waals surface area contributed by atoms with E-state index in [-0.39, 0.29) is 5.97 Å². The number of esters is 1. The zero-order chi connectivity index (χ0) is 21.3. The average Bonchev–Trinajstić information content (AvgIpc) is 2.79. The highest BCUT2D eigenvalue weighted by atomic mass is 16.6. The molecule has 0 saturated heterocycles. The van der Waals surface area contributed by atoms with E-state index in [4.69, 9.17) is 18.9 Å². The van der Waals surface area contributed by atoms with Gasteiger partial charge in [-0.25, -0.2) is 4.79 Å². The van der Waals surface area contributed by atoms with Crippen LogP contribution in [0.15, 0.2) is 73.3 Å². The quantitative estimate of drug-likeness (QED) is 0.227. The van der Waals surface area contributed by atoms with Crippen molar-refractivity contribution < 1.29 is 23.7 Å². The summed E-state index contributed by atoms with van der Waals surface area (Å²) in [6.07, 6.45) is 2.82. The lowest BCUT2D eigenvalue weighted by Gasteiger charge is -2.15. The Labute approximate surface area is 179 Å². The zero-order valence-corrected chi connectivity index (χ0v) is 17.5. The number of benzene rings is 2. The van der Waals surface area contributed by atoms with Gasteiger partial charge in [0, 0.05) is 26.1 Å². The second-order valence-electron chi connectivity index (χ2n) is 6.83. The van der Waals surface area contributed by atoms with Gasteiger partial charge in [-0.15, -0.1) is 6.58 Å². The molecular weight excluding hydrogens is 380 g/mol. The maximum absolute atomic E-state index is 12.2. The number of carbonyl (C=O) groups is 1. The van der Waals surface area contributed by atoms with Gasteiger partial charge in [0.15, 0.2) is 6.10 Å². The Balaban J connectivity index is 1.52. The number of hydrogen-bond acceptors (Lipinski definition) is 5. The number of ether oxygens (including phenoxy) is 4. The third-order valence-corrected chi connectivity index (χ3v) is 4.30. The van der Waals surface area contributed by atoms with Gasteiger partial charge in [-0.1, -0.05) is 66.7 Å². The predicted molar refractivity (Wildman–Crippen MR) is 117 cm³/mol. The molecule has 2 aromatic rings. The van der Waals surface area contributed by atoms with Crippen molar-refractivity contribution in [2.24, 2.45) is 0 Å². The lowest BCUT2D eigenvalue weighted by atomic mass is 10.2. The van der Waals surface area contributed by atoms with Gasteiger partial charge in [0.2, 0.25) is 0 Å². The Morgan fingerprint density at radius 3 is 1.87 bits per heavy atom. The molecule has 0 aliphatic heterocycles. The van der Waals surface area contributed by atoms with E-state index in [1.807, 2.05) is 60.7 Å². The summed E-state index contributed by atoms with van der Waals surface area (Å²) in [6.45, 7) is 6.68. The molecule has 0 bridgehead atoms. The lowest BCUT2D eigenvalue weighted by molar-refractivity contribution is -0.157. The van der Waals surface area contributed by atoms with E-state index in [1.54, 1.807) is 6.08 Å². The van der Waals surface area contributed by atoms with Gasteiger partial charge in [0.25, 0.3) is 0 Å². The van der Waals surface area contributed by atoms with Crippen LogP contribution in [0.1, 0.15) is 30.4 Å². The van der Waals surface area contributed by atoms with Gasteiger partial charge in [0.05, 0.1) is 26.4 Å². The van der Waals surface area contributed by atoms with Gasteiger partial charge in [0.1, 0.15) is 0 Å². The first kappa shape index (κ1) is 23.8. The molecule has 0 N–H and O–H groups in total. The summed E-state index contributed by atoms with van der Waals surface area (Å²) in [6, 6.07) is 20.0. The number of rotatable bonds is 16. The van der Waals surface area contributed by atoms with Gasteiger partial charge in [-0.05, 0) is 17.5 Å². The smallest absolute Gasteiger partial charge is 0.335 e. The van der Waals surface area contributed by atoms with Crippen LogP contribution in [0.25, 0.3) is 0 Å². The van der Waals surface area contributed by atoms with E-state index in [0.29, 0.717) is 58.9 Å². The van der Waals surface area contributed by atoms with E-state index in [2.05, 4.69) is 6.58 Å². The monoisotopic (exact) mass is 412 g/mol. The van der Waals surface area contributed by atoms with Crippen LogP contribution < -0.4 is 0 Å². The van der Waals surface area contributed by atoms with E-state index >= 15 is 0 Å². The standard InChI is InChI=1S/C25H32O5/c1-2-11-24(29-18-9-16-27-20-22-12-5-3-6-13-22)25(26)30-19-10-17-28-21-23-14-7-4-8-15-23/h2-8,12-15,24H,1,9-11,16-21H2. The van der Waals surface area contributed by atoms with Crippen LogP contribution in [0.3, 0.4) is 0 Å². The van der Waals surface area contributed by atoms with Crippen LogP contribution >= 0.6 is 0 Å². The summed E-state index contributed by atoms with van der Waals surface area (Å²) in [5.41, 5.74) is 2.26. The van der Waals surface area contributed by atoms with Crippen LogP contribution in [-0.4, -0.2) is 38.5 Å². The summed E-state index contributed by atoms with van der Waals surface area (Å²) in [5, 5.41) is 0. The van der Waals surface area contributed by atoms with Gasteiger partial charge >= 0.3 is 5.97 Å². The summed E-state index contributed by atoms with van der Waals surface area (Å²) >= 11 is 0. The number of hydrogen-bond donors (Lipinski definition) is 0. The van der Waals surface area contributed by atoms with Crippen molar-refractivity contribution in [1.29, 1.82) is 0 Å². The Hall–Kier alpha value is -2.47. The highest BCUT2D eigenvalue weighted by Gasteiger charge is 2.19. The molecule has 0 saturated carbocycles. The van der Waals surface area contributed by atoms with E-state index in [0.717, 1.165) is 11.1 Å². The van der Waals surface area contributed by atoms with Crippen molar-refractivity contribution in [2.45, 2.75) is 38.6 Å². The molecule has 5 heteroatoms. The molecule has 1 atom stereocenters. The molecule has 0 aromatic heterocycles. The molecule has 0 amide bonds. The molecule has 0 radical (unpaired) electrons. The molecule has 5 nitrogen and oxygen atoms in total. The topological polar surface area (TPSA) is 54.0 Å². The van der Waals surface area contributed by atoms with Gasteiger partial charge in [-0.3, -0.25) is 0 Å². The van der Waals surface area contributed by atoms with Crippen molar-refractivity contribution in [3.05, 3.63) is 84.4 Å². The van der Waals surface area contributed by atoms with E-state index in [9.17, 15) is 4.79 Å². The Kier molecular flexibility index (Phi) is 12.2. The minimum Gasteiger partial charge on any atom is -0.464 e. The molecule has 0 aliphatic carbocycles. The minimum absolute atomic E-state index is 0.310. The molecule has 1 unspecified atom stereocenters. The number of carbonyl (C=O) groups excluding carboxylic acids is 1. The highest BCUT2D eigenvalue weighted by Crippen LogP contribution is 2.06. The third kappa shape index (κ3) is 10.3. The van der Waals surface area contributed by atoms with Crippen molar-refractivity contribution in [2.75, 3.05) is 26.4 Å². The molecule has 162 valence electrons. The highest BCUT2D eigenvalue weighted by molar-refractivity contribution is 5.74. The minimum atomic E-state index is -0.623. The largest absolute Gasteiger partial charge is 0.464 e. The van der Waals surface area contributed by atoms with Crippen molar-refractivity contribution in [3.8, 4) is 0 Å². The van der Waals surface area contributed by atoms with Crippen LogP contribution in [0.4, 0.5) is 0 Å². The van der Waals surface area contributed by atoms with E-state index in [1.165, 1.54) is 0 Å². The molecule has 0 aliphatic rings. The SMILES string of the molecule is C=CCC(OCCCOCc1ccccc1)C(=O)OCCCOCc1ccccc1. The maximum atomic E-state index is 12.2. The van der Waals surface area contributed by atoms with Crippen LogP contribution in [0.5, 0.6) is 0 Å². The zero-order valence-electron chi connectivity index (χ0n) is 17.5. The lowest BCUT2D eigenvalue weighted by Crippen LogP contribution is -2.27. The second kappa shape index (κ2) is 15.4. The summed E-state index contributed by atoms with van der Waals surface area (Å²) in [4.78, 5) is 12.2. The molecule has 0 fully saturated rings. The Morgan fingerprint density at radius 1 is 0.800 bits per heavy atom. The maximum Gasteiger partial charge on any atom is 0.335 e. The predicted octanol–water partition coefficient (Wildman–Crippen LogP) is 4.70. The fourth-order valence-corrected chi connectivity index (χ4v) is 2.73. The first-order chi connectivity index (χ1) is 14.8. The Morgan fingerprint density at radius 2 is 1.33 bits per heavy atom. The van der Waals surface area contributed by atoms with Gasteiger partial charge < -0.3 is 18.9 Å². The van der Waals surface area contributed by atoms with Crippen LogP contribution in [0, 0.1) is 0 Å². The van der Waals surface area contributed by atoms with Crippen molar-refractivity contribution in [3.63, 3.8) is 0 Å². The molecule has 30 heavy (non-hydrogen) atoms. The Bertz CT molecular complexity index is 702. The molecule has 2 aromatic carbocycles. The summed E-state index contributed by atoms with van der Waals surface area (Å²) < 4.78 is 22.2.